The summed E-state index contributed by atoms with van der Waals surface area (Å²) in [6, 6.07) is 16.2. The van der Waals surface area contributed by atoms with Gasteiger partial charge >= 0.3 is 5.97 Å². The molecule has 5 heteroatoms. The number of esters is 1. The van der Waals surface area contributed by atoms with Gasteiger partial charge in [-0.3, -0.25) is 4.79 Å². The Bertz CT molecular complexity index is 1060. The van der Waals surface area contributed by atoms with Crippen molar-refractivity contribution in [1.82, 2.24) is 5.32 Å². The van der Waals surface area contributed by atoms with E-state index < -0.39 is 17.8 Å². The van der Waals surface area contributed by atoms with E-state index in [4.69, 9.17) is 4.74 Å². The number of hydrogen-bond acceptors (Lipinski definition) is 5. The van der Waals surface area contributed by atoms with Crippen LogP contribution in [0.25, 0.3) is 0 Å². The molecule has 0 amide bonds. The summed E-state index contributed by atoms with van der Waals surface area (Å²) in [7, 11) is 0. The van der Waals surface area contributed by atoms with Crippen molar-refractivity contribution in [3.05, 3.63) is 88.8 Å². The quantitative estimate of drug-likeness (QED) is 0.712. The highest BCUT2D eigenvalue weighted by Crippen LogP contribution is 2.47. The molecule has 31 heavy (non-hydrogen) atoms. The summed E-state index contributed by atoms with van der Waals surface area (Å²) < 4.78 is 5.65. The molecule has 0 fully saturated rings. The van der Waals surface area contributed by atoms with E-state index in [1.807, 2.05) is 51.1 Å². The van der Waals surface area contributed by atoms with Gasteiger partial charge in [0.25, 0.3) is 0 Å². The van der Waals surface area contributed by atoms with Crippen LogP contribution >= 0.6 is 0 Å². The first-order chi connectivity index (χ1) is 14.7. The summed E-state index contributed by atoms with van der Waals surface area (Å²) in [6.07, 6.45) is 2.50. The van der Waals surface area contributed by atoms with Crippen molar-refractivity contribution in [2.45, 2.75) is 39.7 Å². The van der Waals surface area contributed by atoms with Gasteiger partial charge in [-0.05, 0) is 35.6 Å². The third kappa shape index (κ3) is 4.26. The lowest BCUT2D eigenvalue weighted by Crippen LogP contribution is -2.43. The molecule has 0 spiro atoms. The Kier molecular flexibility index (Phi) is 5.44. The van der Waals surface area contributed by atoms with Crippen LogP contribution in [-0.2, 0) is 20.9 Å². The standard InChI is InChI=1S/C26H27NO4/c1-16-22(25(30)31-15-17-7-5-4-6-8-17)23(18-9-11-19(28)12-10-18)24-20(27-16)13-26(2,3)14-21(24)29/h4-13,23-24,27-28H,14-15H2,1-3H3. The van der Waals surface area contributed by atoms with Gasteiger partial charge in [0.05, 0.1) is 11.5 Å². The molecule has 2 aromatic rings. The normalized spacial score (nSPS) is 22.3. The molecule has 0 bridgehead atoms. The van der Waals surface area contributed by atoms with Gasteiger partial charge in [0.1, 0.15) is 18.1 Å². The Labute approximate surface area is 182 Å². The van der Waals surface area contributed by atoms with Crippen molar-refractivity contribution >= 4 is 11.8 Å². The maximum absolute atomic E-state index is 13.2. The molecule has 1 aliphatic carbocycles. The average molecular weight is 418 g/mol. The topological polar surface area (TPSA) is 75.6 Å². The predicted octanol–water partition coefficient (Wildman–Crippen LogP) is 4.60. The zero-order chi connectivity index (χ0) is 22.2. The highest BCUT2D eigenvalue weighted by Gasteiger charge is 2.46. The Hall–Kier alpha value is -3.34. The van der Waals surface area contributed by atoms with Gasteiger partial charge in [-0.2, -0.15) is 0 Å². The minimum absolute atomic E-state index is 0.0916. The first-order valence-corrected chi connectivity index (χ1v) is 10.5. The van der Waals surface area contributed by atoms with Crippen molar-refractivity contribution in [3.63, 3.8) is 0 Å². The van der Waals surface area contributed by atoms with Crippen LogP contribution in [0.2, 0.25) is 0 Å². The number of allylic oxidation sites excluding steroid dienone is 3. The molecule has 2 aliphatic rings. The maximum Gasteiger partial charge on any atom is 0.336 e. The number of phenolic OH excluding ortho intramolecular Hbond substituents is 1. The van der Waals surface area contributed by atoms with Crippen LogP contribution in [0.1, 0.15) is 44.2 Å². The number of aromatic hydroxyl groups is 1. The fraction of sp³-hybridized carbons (Fsp3) is 0.308. The second kappa shape index (κ2) is 8.06. The number of nitrogens with one attached hydrogen (secondary N) is 1. The van der Waals surface area contributed by atoms with Crippen molar-refractivity contribution < 1.29 is 19.4 Å². The number of ketones is 1. The molecule has 160 valence electrons. The third-order valence-electron chi connectivity index (χ3n) is 5.92. The lowest BCUT2D eigenvalue weighted by molar-refractivity contribution is -0.141. The van der Waals surface area contributed by atoms with E-state index in [0.717, 1.165) is 16.8 Å². The van der Waals surface area contributed by atoms with Crippen molar-refractivity contribution in [3.8, 4) is 5.75 Å². The van der Waals surface area contributed by atoms with Crippen LogP contribution in [0.15, 0.2) is 77.6 Å². The minimum atomic E-state index is -0.486. The van der Waals surface area contributed by atoms with E-state index in [-0.39, 0.29) is 23.6 Å². The fourth-order valence-corrected chi connectivity index (χ4v) is 4.58. The zero-order valence-electron chi connectivity index (χ0n) is 18.0. The zero-order valence-corrected chi connectivity index (χ0v) is 18.0. The largest absolute Gasteiger partial charge is 0.508 e. The average Bonchev–Trinajstić information content (AvgIpc) is 2.71. The Balaban J connectivity index is 1.74. The van der Waals surface area contributed by atoms with E-state index >= 15 is 0 Å². The van der Waals surface area contributed by atoms with Crippen LogP contribution in [0, 0.1) is 11.3 Å². The molecule has 1 heterocycles. The molecule has 0 aromatic heterocycles. The molecule has 2 atom stereocenters. The second-order valence-electron chi connectivity index (χ2n) is 9.00. The van der Waals surface area contributed by atoms with Gasteiger partial charge in [0.15, 0.2) is 0 Å². The smallest absolute Gasteiger partial charge is 0.336 e. The first kappa shape index (κ1) is 20.9. The van der Waals surface area contributed by atoms with Crippen LogP contribution in [0.4, 0.5) is 0 Å². The number of rotatable bonds is 4. The third-order valence-corrected chi connectivity index (χ3v) is 5.92. The number of carbonyl (C=O) groups is 2. The van der Waals surface area contributed by atoms with Crippen LogP contribution in [-0.4, -0.2) is 16.9 Å². The monoisotopic (exact) mass is 417 g/mol. The predicted molar refractivity (Wildman–Crippen MR) is 118 cm³/mol. The Morgan fingerprint density at radius 3 is 2.45 bits per heavy atom. The highest BCUT2D eigenvalue weighted by molar-refractivity contribution is 5.96. The van der Waals surface area contributed by atoms with E-state index in [9.17, 15) is 14.7 Å². The van der Waals surface area contributed by atoms with Gasteiger partial charge in [0, 0.05) is 23.7 Å². The molecule has 5 nitrogen and oxygen atoms in total. The second-order valence-corrected chi connectivity index (χ2v) is 9.00. The molecule has 0 radical (unpaired) electrons. The lowest BCUT2D eigenvalue weighted by Gasteiger charge is -2.41. The van der Waals surface area contributed by atoms with Crippen LogP contribution in [0.3, 0.4) is 0 Å². The molecule has 0 saturated carbocycles. The van der Waals surface area contributed by atoms with Gasteiger partial charge in [0.2, 0.25) is 0 Å². The number of benzene rings is 2. The maximum atomic E-state index is 13.2. The Morgan fingerprint density at radius 2 is 1.77 bits per heavy atom. The van der Waals surface area contributed by atoms with E-state index in [0.29, 0.717) is 17.7 Å². The number of Topliss-reactive ketones (excluding diaryl/α,β-unsaturated/α-hetero) is 1. The van der Waals surface area contributed by atoms with Crippen molar-refractivity contribution in [2.75, 3.05) is 0 Å². The number of carbonyl (C=O) groups excluding carboxylic acids is 2. The molecular weight excluding hydrogens is 390 g/mol. The van der Waals surface area contributed by atoms with Gasteiger partial charge in [-0.15, -0.1) is 0 Å². The first-order valence-electron chi connectivity index (χ1n) is 10.5. The fourth-order valence-electron chi connectivity index (χ4n) is 4.58. The number of fused-ring (bicyclic) bond motifs is 1. The van der Waals surface area contributed by atoms with Gasteiger partial charge < -0.3 is 15.2 Å². The molecule has 2 unspecified atom stereocenters. The Morgan fingerprint density at radius 1 is 1.10 bits per heavy atom. The number of ether oxygens (including phenoxy) is 1. The molecule has 1 aliphatic heterocycles. The summed E-state index contributed by atoms with van der Waals surface area (Å²) >= 11 is 0. The van der Waals surface area contributed by atoms with E-state index in [1.165, 1.54) is 0 Å². The molecule has 2 aromatic carbocycles. The molecule has 4 rings (SSSR count). The summed E-state index contributed by atoms with van der Waals surface area (Å²) in [6.45, 7) is 6.07. The van der Waals surface area contributed by atoms with Crippen molar-refractivity contribution in [2.24, 2.45) is 11.3 Å². The van der Waals surface area contributed by atoms with Gasteiger partial charge in [-0.25, -0.2) is 4.79 Å². The summed E-state index contributed by atoms with van der Waals surface area (Å²) in [5.74, 6) is -1.17. The SMILES string of the molecule is CC1=C(C(=O)OCc2ccccc2)C(c2ccc(O)cc2)C2C(=O)CC(C)(C)C=C2N1. The molecular formula is C26H27NO4. The summed E-state index contributed by atoms with van der Waals surface area (Å²) in [4.78, 5) is 26.5. The summed E-state index contributed by atoms with van der Waals surface area (Å²) in [5, 5.41) is 13.1. The van der Waals surface area contributed by atoms with E-state index in [2.05, 4.69) is 11.4 Å². The number of phenols is 1. The lowest BCUT2D eigenvalue weighted by atomic mass is 9.66. The molecule has 0 saturated heterocycles. The van der Waals surface area contributed by atoms with Gasteiger partial charge in [-0.1, -0.05) is 62.4 Å². The van der Waals surface area contributed by atoms with E-state index in [1.54, 1.807) is 24.3 Å². The summed E-state index contributed by atoms with van der Waals surface area (Å²) in [5.41, 5.74) is 3.42. The van der Waals surface area contributed by atoms with Crippen LogP contribution < -0.4 is 5.32 Å². The van der Waals surface area contributed by atoms with Crippen molar-refractivity contribution in [1.29, 1.82) is 0 Å². The number of hydrogen-bond donors (Lipinski definition) is 2. The highest BCUT2D eigenvalue weighted by atomic mass is 16.5. The minimum Gasteiger partial charge on any atom is -0.508 e. The van der Waals surface area contributed by atoms with Crippen LogP contribution in [0.5, 0.6) is 5.75 Å². The molecule has 2 N–H and O–H groups in total.